The molecular weight excluding hydrogens is 282 g/mol. The second-order valence-corrected chi connectivity index (χ2v) is 7.44. The molecule has 3 fully saturated rings. The van der Waals surface area contributed by atoms with Gasteiger partial charge in [0.2, 0.25) is 5.91 Å². The van der Waals surface area contributed by atoms with Crippen LogP contribution in [0.3, 0.4) is 0 Å². The van der Waals surface area contributed by atoms with Crippen LogP contribution in [0.2, 0.25) is 0 Å². The predicted octanol–water partition coefficient (Wildman–Crippen LogP) is 2.22. The SMILES string of the molecule is O=C(C1[C@H]2CCCC[C@@H]12)N1CCN(Cc2cscn2)CC1. The summed E-state index contributed by atoms with van der Waals surface area (Å²) in [5.41, 5.74) is 3.05. The predicted molar refractivity (Wildman–Crippen MR) is 82.9 cm³/mol. The Bertz CT molecular complexity index is 484. The van der Waals surface area contributed by atoms with Gasteiger partial charge in [-0.3, -0.25) is 9.69 Å². The highest BCUT2D eigenvalue weighted by molar-refractivity contribution is 7.07. The largest absolute Gasteiger partial charge is 0.340 e. The minimum Gasteiger partial charge on any atom is -0.340 e. The van der Waals surface area contributed by atoms with Crippen LogP contribution < -0.4 is 0 Å². The quantitative estimate of drug-likeness (QED) is 0.859. The number of hydrogen-bond acceptors (Lipinski definition) is 4. The standard InChI is InChI=1S/C16H23N3OS/c20-16(15-13-3-1-2-4-14(13)15)19-7-5-18(6-8-19)9-12-10-21-11-17-12/h10-11,13-15H,1-9H2/t13-,14+,15?. The average Bonchev–Trinajstić information content (AvgIpc) is 3.03. The summed E-state index contributed by atoms with van der Waals surface area (Å²) in [6.45, 7) is 4.72. The summed E-state index contributed by atoms with van der Waals surface area (Å²) in [6, 6.07) is 0. The van der Waals surface area contributed by atoms with E-state index in [1.807, 2.05) is 5.51 Å². The van der Waals surface area contributed by atoms with E-state index in [0.29, 0.717) is 11.8 Å². The Labute approximate surface area is 130 Å². The van der Waals surface area contributed by atoms with Gasteiger partial charge in [-0.05, 0) is 24.7 Å². The normalized spacial score (nSPS) is 32.8. The van der Waals surface area contributed by atoms with Gasteiger partial charge >= 0.3 is 0 Å². The van der Waals surface area contributed by atoms with E-state index in [9.17, 15) is 4.79 Å². The highest BCUT2D eigenvalue weighted by Gasteiger charge is 2.55. The molecule has 3 aliphatic rings. The first-order valence-corrected chi connectivity index (χ1v) is 9.15. The van der Waals surface area contributed by atoms with Gasteiger partial charge in [0.25, 0.3) is 0 Å². The van der Waals surface area contributed by atoms with Gasteiger partial charge < -0.3 is 4.90 Å². The Hall–Kier alpha value is -0.940. The third kappa shape index (κ3) is 2.73. The molecule has 1 aliphatic heterocycles. The van der Waals surface area contributed by atoms with Crippen molar-refractivity contribution in [3.05, 3.63) is 16.6 Å². The summed E-state index contributed by atoms with van der Waals surface area (Å²) in [6.07, 6.45) is 5.27. The number of rotatable bonds is 3. The van der Waals surface area contributed by atoms with E-state index in [4.69, 9.17) is 0 Å². The smallest absolute Gasteiger partial charge is 0.226 e. The third-order valence-electron chi connectivity index (χ3n) is 5.49. The fraction of sp³-hybridized carbons (Fsp3) is 0.750. The molecule has 0 bridgehead atoms. The van der Waals surface area contributed by atoms with Crippen molar-refractivity contribution in [2.75, 3.05) is 26.2 Å². The van der Waals surface area contributed by atoms with E-state index in [1.54, 1.807) is 11.3 Å². The molecule has 2 aliphatic carbocycles. The fourth-order valence-electron chi connectivity index (χ4n) is 4.24. The minimum absolute atomic E-state index is 0.387. The van der Waals surface area contributed by atoms with Crippen molar-refractivity contribution in [1.82, 2.24) is 14.8 Å². The lowest BCUT2D eigenvalue weighted by Gasteiger charge is -2.34. The molecule has 4 rings (SSSR count). The highest BCUT2D eigenvalue weighted by atomic mass is 32.1. The Morgan fingerprint density at radius 2 is 1.90 bits per heavy atom. The van der Waals surface area contributed by atoms with Crippen molar-refractivity contribution >= 4 is 17.2 Å². The molecule has 4 nitrogen and oxygen atoms in total. The van der Waals surface area contributed by atoms with Crippen LogP contribution in [0.4, 0.5) is 0 Å². The van der Waals surface area contributed by atoms with Gasteiger partial charge in [0, 0.05) is 44.0 Å². The number of carbonyl (C=O) groups is 1. The van der Waals surface area contributed by atoms with Crippen molar-refractivity contribution in [1.29, 1.82) is 0 Å². The van der Waals surface area contributed by atoms with E-state index in [-0.39, 0.29) is 0 Å². The molecule has 1 aromatic heterocycles. The first kappa shape index (κ1) is 13.7. The van der Waals surface area contributed by atoms with Crippen molar-refractivity contribution in [3.63, 3.8) is 0 Å². The molecule has 1 unspecified atom stereocenters. The number of thiazole rings is 1. The lowest BCUT2D eigenvalue weighted by molar-refractivity contribution is -0.135. The van der Waals surface area contributed by atoms with Crippen LogP contribution in [0.15, 0.2) is 10.9 Å². The first-order valence-electron chi connectivity index (χ1n) is 8.21. The van der Waals surface area contributed by atoms with Crippen LogP contribution in [-0.4, -0.2) is 46.9 Å². The van der Waals surface area contributed by atoms with Crippen LogP contribution in [0.25, 0.3) is 0 Å². The number of fused-ring (bicyclic) bond motifs is 1. The number of carbonyl (C=O) groups excluding carboxylic acids is 1. The van der Waals surface area contributed by atoms with E-state index in [0.717, 1.165) is 50.3 Å². The maximum absolute atomic E-state index is 12.6. The molecule has 0 radical (unpaired) electrons. The number of nitrogens with zero attached hydrogens (tertiary/aromatic N) is 3. The van der Waals surface area contributed by atoms with Gasteiger partial charge in [0.15, 0.2) is 0 Å². The number of amides is 1. The Morgan fingerprint density at radius 3 is 2.52 bits per heavy atom. The van der Waals surface area contributed by atoms with Crippen molar-refractivity contribution in [2.45, 2.75) is 32.2 Å². The molecule has 1 amide bonds. The van der Waals surface area contributed by atoms with Crippen molar-refractivity contribution in [2.24, 2.45) is 17.8 Å². The Kier molecular flexibility index (Phi) is 3.71. The molecule has 2 saturated carbocycles. The molecule has 114 valence electrons. The van der Waals surface area contributed by atoms with E-state index < -0.39 is 0 Å². The summed E-state index contributed by atoms with van der Waals surface area (Å²) in [4.78, 5) is 21.5. The van der Waals surface area contributed by atoms with Gasteiger partial charge in [0.1, 0.15) is 0 Å². The highest BCUT2D eigenvalue weighted by Crippen LogP contribution is 2.56. The van der Waals surface area contributed by atoms with Gasteiger partial charge in [-0.15, -0.1) is 11.3 Å². The Morgan fingerprint density at radius 1 is 1.19 bits per heavy atom. The zero-order valence-corrected chi connectivity index (χ0v) is 13.2. The number of hydrogen-bond donors (Lipinski definition) is 0. The molecule has 21 heavy (non-hydrogen) atoms. The first-order chi connectivity index (χ1) is 10.3. The lowest BCUT2D eigenvalue weighted by Crippen LogP contribution is -2.49. The fourth-order valence-corrected chi connectivity index (χ4v) is 4.79. The van der Waals surface area contributed by atoms with Gasteiger partial charge in [0.05, 0.1) is 11.2 Å². The molecule has 1 aromatic rings. The Balaban J connectivity index is 1.28. The summed E-state index contributed by atoms with van der Waals surface area (Å²) in [7, 11) is 0. The van der Waals surface area contributed by atoms with E-state index >= 15 is 0 Å². The number of piperazine rings is 1. The molecule has 0 spiro atoms. The maximum atomic E-state index is 12.6. The van der Waals surface area contributed by atoms with Crippen LogP contribution in [0.1, 0.15) is 31.4 Å². The van der Waals surface area contributed by atoms with Gasteiger partial charge in [-0.2, -0.15) is 0 Å². The lowest BCUT2D eigenvalue weighted by atomic mass is 10.0. The molecule has 2 heterocycles. The number of aromatic nitrogens is 1. The monoisotopic (exact) mass is 305 g/mol. The van der Waals surface area contributed by atoms with E-state index in [2.05, 4.69) is 20.2 Å². The van der Waals surface area contributed by atoms with Crippen LogP contribution >= 0.6 is 11.3 Å². The zero-order valence-electron chi connectivity index (χ0n) is 12.4. The summed E-state index contributed by atoms with van der Waals surface area (Å²) >= 11 is 1.65. The van der Waals surface area contributed by atoms with Crippen molar-refractivity contribution in [3.8, 4) is 0 Å². The second kappa shape index (κ2) is 5.69. The van der Waals surface area contributed by atoms with Gasteiger partial charge in [-0.1, -0.05) is 12.8 Å². The summed E-state index contributed by atoms with van der Waals surface area (Å²) < 4.78 is 0. The van der Waals surface area contributed by atoms with E-state index in [1.165, 1.54) is 25.7 Å². The molecule has 1 saturated heterocycles. The second-order valence-electron chi connectivity index (χ2n) is 6.72. The average molecular weight is 305 g/mol. The van der Waals surface area contributed by atoms with Gasteiger partial charge in [-0.25, -0.2) is 4.98 Å². The zero-order chi connectivity index (χ0) is 14.2. The topological polar surface area (TPSA) is 36.4 Å². The molecule has 3 atom stereocenters. The molecule has 0 aromatic carbocycles. The third-order valence-corrected chi connectivity index (χ3v) is 6.13. The van der Waals surface area contributed by atoms with Crippen LogP contribution in [-0.2, 0) is 11.3 Å². The maximum Gasteiger partial charge on any atom is 0.226 e. The van der Waals surface area contributed by atoms with Crippen molar-refractivity contribution < 1.29 is 4.79 Å². The molecular formula is C16H23N3OS. The summed E-state index contributed by atoms with van der Waals surface area (Å²) in [5.74, 6) is 2.32. The molecule has 5 heteroatoms. The summed E-state index contributed by atoms with van der Waals surface area (Å²) in [5, 5.41) is 2.12. The minimum atomic E-state index is 0.387. The van der Waals surface area contributed by atoms with Crippen LogP contribution in [0.5, 0.6) is 0 Å². The molecule has 0 N–H and O–H groups in total. The van der Waals surface area contributed by atoms with Crippen LogP contribution in [0, 0.1) is 17.8 Å².